The molecule has 0 saturated carbocycles. The van der Waals surface area contributed by atoms with E-state index in [0.717, 1.165) is 44.9 Å². The zero-order valence-corrected chi connectivity index (χ0v) is 22.7. The molecular weight excluding hydrogens is 476 g/mol. The summed E-state index contributed by atoms with van der Waals surface area (Å²) in [7, 11) is 0. The Morgan fingerprint density at radius 1 is 0.541 bits per heavy atom. The maximum atomic E-state index is 11.9. The third-order valence-corrected chi connectivity index (χ3v) is 6.44. The summed E-state index contributed by atoms with van der Waals surface area (Å²) in [5.74, 6) is 3.56. The molecule has 0 bridgehead atoms. The lowest BCUT2D eigenvalue weighted by Crippen LogP contribution is -2.41. The van der Waals surface area contributed by atoms with Gasteiger partial charge in [-0.3, -0.25) is 25.0 Å². The first kappa shape index (κ1) is 34.8. The number of aliphatic carboxylic acids is 2. The quantitative estimate of drug-likeness (QED) is 0.0527. The summed E-state index contributed by atoms with van der Waals surface area (Å²) >= 11 is 0. The first-order valence-corrected chi connectivity index (χ1v) is 14.3. The highest BCUT2D eigenvalue weighted by molar-refractivity contribution is 5.76. The molecule has 0 aromatic carbocycles. The van der Waals surface area contributed by atoms with E-state index in [2.05, 4.69) is 16.1 Å². The molecule has 37 heavy (non-hydrogen) atoms. The SMILES string of the molecule is NN[C@@H](CCCCNC(=O)CCCCNC(=O)CCCCCCCCCCCCCCC(=O)O)C(=O)O. The molecule has 1 atom stereocenters. The van der Waals surface area contributed by atoms with Gasteiger partial charge >= 0.3 is 11.9 Å². The van der Waals surface area contributed by atoms with E-state index >= 15 is 0 Å². The first-order chi connectivity index (χ1) is 17.9. The van der Waals surface area contributed by atoms with Crippen molar-refractivity contribution in [2.24, 2.45) is 5.84 Å². The molecule has 0 rings (SSSR count). The van der Waals surface area contributed by atoms with Crippen molar-refractivity contribution in [3.8, 4) is 0 Å². The van der Waals surface area contributed by atoms with Crippen LogP contribution in [0.3, 0.4) is 0 Å². The standard InChI is InChI=1S/C27H52N4O6/c28-31-23(27(36)37)17-13-15-21-29-25(33)19-14-16-22-30-24(32)18-11-9-7-5-3-1-2-4-6-8-10-12-20-26(34)35/h23,31H,1-22,28H2,(H,29,33)(H,30,32)(H,34,35)(H,36,37)/t23-/m0/s1. The van der Waals surface area contributed by atoms with Crippen molar-refractivity contribution < 1.29 is 29.4 Å². The zero-order chi connectivity index (χ0) is 27.6. The number of carboxylic acid groups (broad SMARTS) is 2. The second kappa shape index (κ2) is 25.4. The summed E-state index contributed by atoms with van der Waals surface area (Å²) in [6, 6.07) is -0.757. The van der Waals surface area contributed by atoms with Gasteiger partial charge < -0.3 is 20.8 Å². The molecule has 0 aliphatic carbocycles. The predicted octanol–water partition coefficient (Wildman–Crippen LogP) is 4.02. The molecule has 0 fully saturated rings. The van der Waals surface area contributed by atoms with Gasteiger partial charge in [0.15, 0.2) is 0 Å². The molecule has 0 saturated heterocycles. The molecule has 0 aromatic rings. The van der Waals surface area contributed by atoms with Crippen LogP contribution >= 0.6 is 0 Å². The number of unbranched alkanes of at least 4 members (excludes halogenated alkanes) is 13. The maximum Gasteiger partial charge on any atom is 0.322 e. The molecule has 0 aliphatic rings. The van der Waals surface area contributed by atoms with Gasteiger partial charge in [0.25, 0.3) is 0 Å². The molecular formula is C27H52N4O6. The van der Waals surface area contributed by atoms with Crippen molar-refractivity contribution in [3.05, 3.63) is 0 Å². The highest BCUT2D eigenvalue weighted by atomic mass is 16.4. The second-order valence-corrected chi connectivity index (χ2v) is 9.85. The molecule has 10 nitrogen and oxygen atoms in total. The fourth-order valence-electron chi connectivity index (χ4n) is 4.12. The highest BCUT2D eigenvalue weighted by Crippen LogP contribution is 2.13. The zero-order valence-electron chi connectivity index (χ0n) is 22.7. The molecule has 0 aliphatic heterocycles. The van der Waals surface area contributed by atoms with Gasteiger partial charge in [-0.2, -0.15) is 0 Å². The highest BCUT2D eigenvalue weighted by Gasteiger charge is 2.14. The second-order valence-electron chi connectivity index (χ2n) is 9.85. The molecule has 216 valence electrons. The molecule has 0 radical (unpaired) electrons. The smallest absolute Gasteiger partial charge is 0.322 e. The Balaban J connectivity index is 3.36. The number of amides is 2. The van der Waals surface area contributed by atoms with E-state index in [1.54, 1.807) is 0 Å². The van der Waals surface area contributed by atoms with Gasteiger partial charge in [0.05, 0.1) is 0 Å². The number of carbonyl (C=O) groups is 4. The molecule has 0 spiro atoms. The summed E-state index contributed by atoms with van der Waals surface area (Å²) in [6.45, 7) is 1.11. The van der Waals surface area contributed by atoms with Crippen molar-refractivity contribution in [3.63, 3.8) is 0 Å². The number of nitrogens with two attached hydrogens (primary N) is 1. The third-order valence-electron chi connectivity index (χ3n) is 6.44. The third kappa shape index (κ3) is 25.2. The van der Waals surface area contributed by atoms with Crippen LogP contribution in [-0.4, -0.2) is 53.1 Å². The summed E-state index contributed by atoms with van der Waals surface area (Å²) in [5, 5.41) is 23.2. The van der Waals surface area contributed by atoms with E-state index in [1.807, 2.05) is 0 Å². The normalized spacial score (nSPS) is 11.7. The lowest BCUT2D eigenvalue weighted by atomic mass is 10.0. The van der Waals surface area contributed by atoms with Crippen LogP contribution in [0.2, 0.25) is 0 Å². The molecule has 0 unspecified atom stereocenters. The van der Waals surface area contributed by atoms with Crippen molar-refractivity contribution in [2.75, 3.05) is 13.1 Å². The molecule has 2 amide bonds. The summed E-state index contributed by atoms with van der Waals surface area (Å²) in [5.41, 5.74) is 2.26. The largest absolute Gasteiger partial charge is 0.481 e. The van der Waals surface area contributed by atoms with Crippen LogP contribution in [-0.2, 0) is 19.2 Å². The lowest BCUT2D eigenvalue weighted by Gasteiger charge is -2.10. The monoisotopic (exact) mass is 528 g/mol. The van der Waals surface area contributed by atoms with Crippen LogP contribution in [0.15, 0.2) is 0 Å². The minimum absolute atomic E-state index is 0.0222. The Morgan fingerprint density at radius 3 is 1.32 bits per heavy atom. The van der Waals surface area contributed by atoms with Crippen LogP contribution in [0.25, 0.3) is 0 Å². The number of rotatable bonds is 27. The molecule has 7 N–H and O–H groups in total. The van der Waals surface area contributed by atoms with Crippen molar-refractivity contribution >= 4 is 23.8 Å². The average Bonchev–Trinajstić information content (AvgIpc) is 2.85. The summed E-state index contributed by atoms with van der Waals surface area (Å²) in [4.78, 5) is 45.0. The number of nitrogens with one attached hydrogen (secondary N) is 3. The van der Waals surface area contributed by atoms with E-state index in [1.165, 1.54) is 44.9 Å². The minimum atomic E-state index is -0.975. The first-order valence-electron chi connectivity index (χ1n) is 14.3. The lowest BCUT2D eigenvalue weighted by molar-refractivity contribution is -0.140. The fourth-order valence-corrected chi connectivity index (χ4v) is 4.12. The molecule has 0 aromatic heterocycles. The maximum absolute atomic E-state index is 11.9. The van der Waals surface area contributed by atoms with Gasteiger partial charge in [0.2, 0.25) is 11.8 Å². The van der Waals surface area contributed by atoms with Gasteiger partial charge in [-0.05, 0) is 44.9 Å². The Hall–Kier alpha value is -2.20. The number of hydrogen-bond acceptors (Lipinski definition) is 6. The van der Waals surface area contributed by atoms with Crippen molar-refractivity contribution in [1.29, 1.82) is 0 Å². The van der Waals surface area contributed by atoms with Crippen LogP contribution < -0.4 is 21.9 Å². The van der Waals surface area contributed by atoms with E-state index in [4.69, 9.17) is 16.1 Å². The van der Waals surface area contributed by atoms with Gasteiger partial charge in [0.1, 0.15) is 6.04 Å². The molecule has 10 heteroatoms. The van der Waals surface area contributed by atoms with E-state index in [0.29, 0.717) is 51.6 Å². The van der Waals surface area contributed by atoms with Gasteiger partial charge in [0, 0.05) is 32.4 Å². The summed E-state index contributed by atoms with van der Waals surface area (Å²) < 4.78 is 0. The van der Waals surface area contributed by atoms with Crippen LogP contribution in [0.4, 0.5) is 0 Å². The van der Waals surface area contributed by atoms with Crippen LogP contribution in [0.5, 0.6) is 0 Å². The topological polar surface area (TPSA) is 171 Å². The van der Waals surface area contributed by atoms with E-state index < -0.39 is 18.0 Å². The van der Waals surface area contributed by atoms with Crippen LogP contribution in [0, 0.1) is 0 Å². The number of hydrazine groups is 1. The average molecular weight is 529 g/mol. The predicted molar refractivity (Wildman–Crippen MR) is 145 cm³/mol. The van der Waals surface area contributed by atoms with Crippen molar-refractivity contribution in [2.45, 2.75) is 134 Å². The van der Waals surface area contributed by atoms with Crippen LogP contribution in [0.1, 0.15) is 128 Å². The Bertz CT molecular complexity index is 618. The number of hydrogen-bond donors (Lipinski definition) is 6. The molecule has 0 heterocycles. The Morgan fingerprint density at radius 2 is 0.919 bits per heavy atom. The van der Waals surface area contributed by atoms with Gasteiger partial charge in [-0.25, -0.2) is 5.43 Å². The van der Waals surface area contributed by atoms with E-state index in [9.17, 15) is 19.2 Å². The fraction of sp³-hybridized carbons (Fsp3) is 0.852. The van der Waals surface area contributed by atoms with E-state index in [-0.39, 0.29) is 11.8 Å². The Labute approximate surface area is 222 Å². The minimum Gasteiger partial charge on any atom is -0.481 e. The number of carbonyl (C=O) groups excluding carboxylic acids is 2. The Kier molecular flexibility index (Phi) is 23.9. The summed E-state index contributed by atoms with van der Waals surface area (Å²) in [6.07, 6.45) is 18.1. The van der Waals surface area contributed by atoms with Gasteiger partial charge in [-0.1, -0.05) is 64.2 Å². The number of carboxylic acids is 2. The van der Waals surface area contributed by atoms with Gasteiger partial charge in [-0.15, -0.1) is 0 Å². The van der Waals surface area contributed by atoms with Crippen molar-refractivity contribution in [1.82, 2.24) is 16.1 Å².